The summed E-state index contributed by atoms with van der Waals surface area (Å²) in [4.78, 5) is 1.82. The summed E-state index contributed by atoms with van der Waals surface area (Å²) < 4.78 is 18.9. The Balaban J connectivity index is 1.98. The standard InChI is InChI=1S/C13H14FNO/c1-15-6-4-13(5-7-15)9-16-12-3-2-10(14)8-11(12)13/h1-3,8H,4-7,9H2. The lowest BCUT2D eigenvalue weighted by Gasteiger charge is -2.36. The van der Waals surface area contributed by atoms with Gasteiger partial charge in [0.1, 0.15) is 11.6 Å². The minimum absolute atomic E-state index is 0.00664. The van der Waals surface area contributed by atoms with E-state index in [9.17, 15) is 4.39 Å². The number of hydrogen-bond acceptors (Lipinski definition) is 2. The molecule has 0 saturated carbocycles. The molecule has 84 valence electrons. The Kier molecular flexibility index (Phi) is 2.18. The minimum Gasteiger partial charge on any atom is -0.492 e. The maximum atomic E-state index is 13.3. The molecule has 0 bridgehead atoms. The summed E-state index contributed by atoms with van der Waals surface area (Å²) >= 11 is 0. The predicted molar refractivity (Wildman–Crippen MR) is 58.7 cm³/mol. The van der Waals surface area contributed by atoms with E-state index in [-0.39, 0.29) is 11.2 Å². The number of ether oxygens (including phenoxy) is 1. The zero-order valence-electron chi connectivity index (χ0n) is 9.08. The van der Waals surface area contributed by atoms with Gasteiger partial charge < -0.3 is 4.74 Å². The fourth-order valence-electron chi connectivity index (χ4n) is 2.70. The Labute approximate surface area is 95.0 Å². The molecule has 0 amide bonds. The third kappa shape index (κ3) is 1.42. The van der Waals surface area contributed by atoms with Crippen molar-refractivity contribution in [2.24, 2.45) is 0 Å². The lowest BCUT2D eigenvalue weighted by Crippen LogP contribution is -2.41. The summed E-state index contributed by atoms with van der Waals surface area (Å²) in [6, 6.07) is 4.80. The topological polar surface area (TPSA) is 12.5 Å². The number of likely N-dealkylation sites (tertiary alicyclic amines) is 1. The van der Waals surface area contributed by atoms with Gasteiger partial charge in [-0.3, -0.25) is 4.90 Å². The van der Waals surface area contributed by atoms with Crippen molar-refractivity contribution in [3.8, 4) is 5.75 Å². The highest BCUT2D eigenvalue weighted by Gasteiger charge is 2.42. The molecule has 0 atom stereocenters. The van der Waals surface area contributed by atoms with Crippen LogP contribution >= 0.6 is 0 Å². The zero-order chi connectivity index (χ0) is 11.2. The molecule has 16 heavy (non-hydrogen) atoms. The number of hydrogen-bond donors (Lipinski definition) is 0. The molecule has 2 aliphatic rings. The summed E-state index contributed by atoms with van der Waals surface area (Å²) in [5, 5.41) is 0. The van der Waals surface area contributed by atoms with Gasteiger partial charge in [-0.2, -0.15) is 0 Å². The molecule has 0 unspecified atom stereocenters. The molecule has 1 aromatic carbocycles. The zero-order valence-corrected chi connectivity index (χ0v) is 9.08. The molecule has 0 aliphatic carbocycles. The highest BCUT2D eigenvalue weighted by Crippen LogP contribution is 2.45. The molecular weight excluding hydrogens is 205 g/mol. The van der Waals surface area contributed by atoms with Crippen molar-refractivity contribution >= 4 is 0 Å². The van der Waals surface area contributed by atoms with E-state index in [0.29, 0.717) is 6.61 Å². The van der Waals surface area contributed by atoms with Gasteiger partial charge in [-0.1, -0.05) is 0 Å². The molecule has 0 N–H and O–H groups in total. The molecule has 3 rings (SSSR count). The van der Waals surface area contributed by atoms with Gasteiger partial charge in [-0.15, -0.1) is 0 Å². The van der Waals surface area contributed by atoms with Gasteiger partial charge in [0.2, 0.25) is 0 Å². The van der Waals surface area contributed by atoms with E-state index in [1.165, 1.54) is 6.07 Å². The van der Waals surface area contributed by atoms with E-state index in [0.717, 1.165) is 37.2 Å². The number of fused-ring (bicyclic) bond motifs is 2. The SMILES string of the molecule is [CH]N1CCC2(CC1)COc1ccc(F)cc12. The summed E-state index contributed by atoms with van der Waals surface area (Å²) in [5.41, 5.74) is 1.02. The first-order valence-corrected chi connectivity index (χ1v) is 5.62. The second-order valence-corrected chi connectivity index (χ2v) is 4.75. The van der Waals surface area contributed by atoms with Crippen LogP contribution in [-0.4, -0.2) is 24.6 Å². The third-order valence-corrected chi connectivity index (χ3v) is 3.77. The summed E-state index contributed by atoms with van der Waals surface area (Å²) in [7, 11) is 5.75. The number of piperidine rings is 1. The van der Waals surface area contributed by atoms with E-state index >= 15 is 0 Å². The largest absolute Gasteiger partial charge is 0.492 e. The van der Waals surface area contributed by atoms with Gasteiger partial charge in [-0.05, 0) is 44.1 Å². The van der Waals surface area contributed by atoms with Gasteiger partial charge in [-0.25, -0.2) is 4.39 Å². The summed E-state index contributed by atoms with van der Waals surface area (Å²) in [6.45, 7) is 2.36. The Morgan fingerprint density at radius 1 is 1.31 bits per heavy atom. The molecule has 1 fully saturated rings. The van der Waals surface area contributed by atoms with Gasteiger partial charge in [0.15, 0.2) is 0 Å². The normalized spacial score (nSPS) is 23.1. The molecule has 1 aromatic rings. The maximum Gasteiger partial charge on any atom is 0.123 e. The Hall–Kier alpha value is -1.09. The van der Waals surface area contributed by atoms with Crippen molar-refractivity contribution in [2.45, 2.75) is 18.3 Å². The van der Waals surface area contributed by atoms with Crippen molar-refractivity contribution in [3.63, 3.8) is 0 Å². The highest BCUT2D eigenvalue weighted by molar-refractivity contribution is 5.44. The number of halogens is 1. The average Bonchev–Trinajstić information content (AvgIpc) is 2.62. The van der Waals surface area contributed by atoms with Crippen LogP contribution in [0, 0.1) is 12.9 Å². The monoisotopic (exact) mass is 219 g/mol. The maximum absolute atomic E-state index is 13.3. The molecule has 2 aliphatic heterocycles. The Bertz CT molecular complexity index is 410. The van der Waals surface area contributed by atoms with E-state index in [2.05, 4.69) is 0 Å². The first-order chi connectivity index (χ1) is 7.70. The second-order valence-electron chi connectivity index (χ2n) is 4.75. The van der Waals surface area contributed by atoms with E-state index < -0.39 is 0 Å². The fourth-order valence-corrected chi connectivity index (χ4v) is 2.70. The molecular formula is C13H14FNO. The van der Waals surface area contributed by atoms with Crippen LogP contribution in [0.2, 0.25) is 0 Å². The van der Waals surface area contributed by atoms with Crippen LogP contribution in [0.5, 0.6) is 5.75 Å². The van der Waals surface area contributed by atoms with Crippen LogP contribution in [0.1, 0.15) is 18.4 Å². The Morgan fingerprint density at radius 2 is 2.06 bits per heavy atom. The summed E-state index contributed by atoms with van der Waals surface area (Å²) in [6.07, 6.45) is 1.89. The molecule has 2 radical (unpaired) electrons. The predicted octanol–water partition coefficient (Wildman–Crippen LogP) is 2.22. The van der Waals surface area contributed by atoms with Crippen molar-refractivity contribution in [1.82, 2.24) is 4.90 Å². The fraction of sp³-hybridized carbons (Fsp3) is 0.462. The lowest BCUT2D eigenvalue weighted by molar-refractivity contribution is 0.166. The van der Waals surface area contributed by atoms with Crippen LogP contribution in [0.3, 0.4) is 0 Å². The van der Waals surface area contributed by atoms with Crippen molar-refractivity contribution < 1.29 is 9.13 Å². The third-order valence-electron chi connectivity index (χ3n) is 3.77. The number of rotatable bonds is 0. The van der Waals surface area contributed by atoms with Crippen LogP contribution in [0.15, 0.2) is 18.2 Å². The smallest absolute Gasteiger partial charge is 0.123 e. The molecule has 1 saturated heterocycles. The summed E-state index contributed by atoms with van der Waals surface area (Å²) in [5.74, 6) is 0.658. The quantitative estimate of drug-likeness (QED) is 0.663. The Morgan fingerprint density at radius 3 is 2.81 bits per heavy atom. The first-order valence-electron chi connectivity index (χ1n) is 5.62. The lowest BCUT2D eigenvalue weighted by atomic mass is 9.74. The molecule has 2 nitrogen and oxygen atoms in total. The molecule has 0 aromatic heterocycles. The van der Waals surface area contributed by atoms with Crippen molar-refractivity contribution in [1.29, 1.82) is 0 Å². The van der Waals surface area contributed by atoms with Crippen LogP contribution in [0.25, 0.3) is 0 Å². The van der Waals surface area contributed by atoms with Crippen molar-refractivity contribution in [2.75, 3.05) is 19.7 Å². The first kappa shape index (κ1) is 10.1. The van der Waals surface area contributed by atoms with Crippen LogP contribution in [-0.2, 0) is 5.41 Å². The molecule has 3 heteroatoms. The van der Waals surface area contributed by atoms with Crippen LogP contribution < -0.4 is 4.74 Å². The number of benzene rings is 1. The average molecular weight is 219 g/mol. The van der Waals surface area contributed by atoms with Gasteiger partial charge in [0.05, 0.1) is 6.61 Å². The van der Waals surface area contributed by atoms with E-state index in [4.69, 9.17) is 11.8 Å². The molecule has 2 heterocycles. The second kappa shape index (κ2) is 3.45. The highest BCUT2D eigenvalue weighted by atomic mass is 19.1. The van der Waals surface area contributed by atoms with E-state index in [1.807, 2.05) is 4.90 Å². The van der Waals surface area contributed by atoms with E-state index in [1.54, 1.807) is 12.1 Å². The minimum atomic E-state index is -0.182. The van der Waals surface area contributed by atoms with Gasteiger partial charge >= 0.3 is 0 Å². The molecule has 1 spiro atoms. The van der Waals surface area contributed by atoms with Gasteiger partial charge in [0.25, 0.3) is 0 Å². The van der Waals surface area contributed by atoms with Gasteiger partial charge in [0, 0.05) is 18.0 Å². The number of nitrogens with zero attached hydrogens (tertiary/aromatic N) is 1. The van der Waals surface area contributed by atoms with Crippen molar-refractivity contribution in [3.05, 3.63) is 36.6 Å². The van der Waals surface area contributed by atoms with Crippen LogP contribution in [0.4, 0.5) is 4.39 Å².